The number of ether oxygens (including phenoxy) is 1. The first-order chi connectivity index (χ1) is 10.6. The molecule has 0 aromatic heterocycles. The third kappa shape index (κ3) is 4.68. The lowest BCUT2D eigenvalue weighted by Gasteiger charge is -2.15. The van der Waals surface area contributed by atoms with Gasteiger partial charge in [-0.25, -0.2) is 0 Å². The maximum absolute atomic E-state index is 12.0. The Hall–Kier alpha value is -1.65. The fourth-order valence-electron chi connectivity index (χ4n) is 1.96. The lowest BCUT2D eigenvalue weighted by molar-refractivity contribution is -0.123. The van der Waals surface area contributed by atoms with Crippen molar-refractivity contribution in [2.24, 2.45) is 0 Å². The molecule has 2 rings (SSSR count). The Labute approximate surface area is 140 Å². The van der Waals surface area contributed by atoms with Crippen molar-refractivity contribution in [3.8, 4) is 5.75 Å². The summed E-state index contributed by atoms with van der Waals surface area (Å²) >= 11 is 7.67. The van der Waals surface area contributed by atoms with Crippen LogP contribution in [0.3, 0.4) is 0 Å². The molecule has 0 aliphatic rings. The van der Waals surface area contributed by atoms with E-state index in [1.807, 2.05) is 49.6 Å². The van der Waals surface area contributed by atoms with Crippen molar-refractivity contribution in [3.63, 3.8) is 0 Å². The fraction of sp³-hybridized carbons (Fsp3) is 0.235. The minimum absolute atomic E-state index is 0.0586. The first kappa shape index (κ1) is 16.7. The predicted octanol–water partition coefficient (Wildman–Crippen LogP) is 4.32. The van der Waals surface area contributed by atoms with Gasteiger partial charge >= 0.3 is 0 Å². The molecule has 0 fully saturated rings. The summed E-state index contributed by atoms with van der Waals surface area (Å²) in [5, 5.41) is 3.41. The number of thioether (sulfide) groups is 1. The van der Waals surface area contributed by atoms with E-state index in [9.17, 15) is 4.79 Å². The number of carbonyl (C=O) groups excluding carboxylic acids is 1. The van der Waals surface area contributed by atoms with E-state index in [1.54, 1.807) is 23.9 Å². The second kappa shape index (κ2) is 8.11. The van der Waals surface area contributed by atoms with Crippen molar-refractivity contribution in [1.82, 2.24) is 5.32 Å². The van der Waals surface area contributed by atoms with Crippen LogP contribution in [0.15, 0.2) is 53.4 Å². The van der Waals surface area contributed by atoms with Gasteiger partial charge in [0.05, 0.1) is 11.1 Å². The minimum atomic E-state index is -0.179. The number of halogens is 1. The largest absolute Gasteiger partial charge is 0.482 e. The molecule has 0 unspecified atom stereocenters. The average molecular weight is 336 g/mol. The predicted molar refractivity (Wildman–Crippen MR) is 91.7 cm³/mol. The highest BCUT2D eigenvalue weighted by Gasteiger charge is 2.11. The topological polar surface area (TPSA) is 38.3 Å². The van der Waals surface area contributed by atoms with Crippen LogP contribution in [0, 0.1) is 0 Å². The summed E-state index contributed by atoms with van der Waals surface area (Å²) in [5.74, 6) is 0.331. The van der Waals surface area contributed by atoms with E-state index in [1.165, 1.54) is 4.90 Å². The Morgan fingerprint density at radius 3 is 2.55 bits per heavy atom. The van der Waals surface area contributed by atoms with Gasteiger partial charge in [0.2, 0.25) is 0 Å². The molecule has 1 atom stereocenters. The number of hydrogen-bond acceptors (Lipinski definition) is 3. The highest BCUT2D eigenvalue weighted by Crippen LogP contribution is 2.23. The lowest BCUT2D eigenvalue weighted by Crippen LogP contribution is -2.31. The molecule has 2 aromatic carbocycles. The molecule has 0 bridgehead atoms. The third-order valence-electron chi connectivity index (χ3n) is 3.19. The first-order valence-corrected chi connectivity index (χ1v) is 8.51. The van der Waals surface area contributed by atoms with Gasteiger partial charge in [0, 0.05) is 4.90 Å². The van der Waals surface area contributed by atoms with E-state index in [2.05, 4.69) is 5.32 Å². The maximum atomic E-state index is 12.0. The maximum Gasteiger partial charge on any atom is 0.258 e. The molecule has 3 nitrogen and oxygen atoms in total. The summed E-state index contributed by atoms with van der Waals surface area (Å²) in [6.45, 7) is 1.89. The Kier molecular flexibility index (Phi) is 6.16. The highest BCUT2D eigenvalue weighted by atomic mass is 35.5. The van der Waals surface area contributed by atoms with Gasteiger partial charge in [-0.15, -0.1) is 11.8 Å². The Morgan fingerprint density at radius 1 is 1.23 bits per heavy atom. The van der Waals surface area contributed by atoms with Crippen molar-refractivity contribution in [2.75, 3.05) is 12.9 Å². The molecule has 0 saturated carbocycles. The van der Waals surface area contributed by atoms with Crippen LogP contribution in [0.4, 0.5) is 0 Å². The summed E-state index contributed by atoms with van der Waals surface area (Å²) in [6.07, 6.45) is 2.03. The van der Waals surface area contributed by atoms with Gasteiger partial charge in [-0.05, 0) is 43.0 Å². The molecule has 5 heteroatoms. The van der Waals surface area contributed by atoms with Crippen LogP contribution in [0.25, 0.3) is 0 Å². The van der Waals surface area contributed by atoms with Crippen LogP contribution in [-0.4, -0.2) is 18.8 Å². The molecule has 0 aliphatic heterocycles. The van der Waals surface area contributed by atoms with Gasteiger partial charge < -0.3 is 10.1 Å². The quantitative estimate of drug-likeness (QED) is 0.799. The van der Waals surface area contributed by atoms with E-state index >= 15 is 0 Å². The van der Waals surface area contributed by atoms with Crippen molar-refractivity contribution in [2.45, 2.75) is 17.9 Å². The number of amides is 1. The summed E-state index contributed by atoms with van der Waals surface area (Å²) in [5.41, 5.74) is 1.06. The Bertz CT molecular complexity index is 631. The van der Waals surface area contributed by atoms with Crippen LogP contribution in [-0.2, 0) is 4.79 Å². The molecule has 0 spiro atoms. The second-order valence-corrected chi connectivity index (χ2v) is 6.07. The number of carbonyl (C=O) groups is 1. The minimum Gasteiger partial charge on any atom is -0.482 e. The van der Waals surface area contributed by atoms with Crippen LogP contribution in [0.5, 0.6) is 5.75 Å². The molecule has 0 radical (unpaired) electrons. The molecule has 1 N–H and O–H groups in total. The van der Waals surface area contributed by atoms with E-state index < -0.39 is 0 Å². The third-order valence-corrected chi connectivity index (χ3v) is 4.24. The molecule has 22 heavy (non-hydrogen) atoms. The van der Waals surface area contributed by atoms with Crippen molar-refractivity contribution >= 4 is 29.3 Å². The first-order valence-electron chi connectivity index (χ1n) is 6.91. The van der Waals surface area contributed by atoms with Crippen LogP contribution in [0.2, 0.25) is 5.02 Å². The zero-order valence-corrected chi connectivity index (χ0v) is 14.1. The van der Waals surface area contributed by atoms with Crippen LogP contribution < -0.4 is 10.1 Å². The summed E-state index contributed by atoms with van der Waals surface area (Å²) < 4.78 is 5.42. The van der Waals surface area contributed by atoms with Gasteiger partial charge in [-0.1, -0.05) is 35.9 Å². The van der Waals surface area contributed by atoms with E-state index in [0.29, 0.717) is 10.8 Å². The van der Waals surface area contributed by atoms with Gasteiger partial charge in [0.25, 0.3) is 5.91 Å². The fourth-order valence-corrected chi connectivity index (χ4v) is 2.56. The summed E-state index contributed by atoms with van der Waals surface area (Å²) in [6, 6.07) is 15.1. The van der Waals surface area contributed by atoms with E-state index in [4.69, 9.17) is 16.3 Å². The molecule has 2 aromatic rings. The second-order valence-electron chi connectivity index (χ2n) is 4.78. The Morgan fingerprint density at radius 2 is 1.91 bits per heavy atom. The van der Waals surface area contributed by atoms with Crippen molar-refractivity contribution in [3.05, 3.63) is 59.1 Å². The molecular weight excluding hydrogens is 318 g/mol. The average Bonchev–Trinajstić information content (AvgIpc) is 2.54. The van der Waals surface area contributed by atoms with Gasteiger partial charge in [0.15, 0.2) is 6.61 Å². The zero-order valence-electron chi connectivity index (χ0n) is 12.5. The normalized spacial score (nSPS) is 11.8. The monoisotopic (exact) mass is 335 g/mol. The highest BCUT2D eigenvalue weighted by molar-refractivity contribution is 7.98. The Balaban J connectivity index is 1.87. The van der Waals surface area contributed by atoms with Gasteiger partial charge in [-0.3, -0.25) is 4.79 Å². The number of benzene rings is 2. The molecular formula is C17H18ClNO2S. The van der Waals surface area contributed by atoms with Gasteiger partial charge in [-0.2, -0.15) is 0 Å². The summed E-state index contributed by atoms with van der Waals surface area (Å²) in [4.78, 5) is 13.1. The zero-order chi connectivity index (χ0) is 15.9. The van der Waals surface area contributed by atoms with Crippen LogP contribution in [0.1, 0.15) is 18.5 Å². The lowest BCUT2D eigenvalue weighted by atomic mass is 10.1. The molecule has 116 valence electrons. The van der Waals surface area contributed by atoms with Crippen molar-refractivity contribution in [1.29, 1.82) is 0 Å². The van der Waals surface area contributed by atoms with Crippen LogP contribution >= 0.6 is 23.4 Å². The van der Waals surface area contributed by atoms with Gasteiger partial charge in [0.1, 0.15) is 5.75 Å². The number of rotatable bonds is 6. The van der Waals surface area contributed by atoms with Crippen molar-refractivity contribution < 1.29 is 9.53 Å². The van der Waals surface area contributed by atoms with E-state index in [-0.39, 0.29) is 18.6 Å². The summed E-state index contributed by atoms with van der Waals surface area (Å²) in [7, 11) is 0. The smallest absolute Gasteiger partial charge is 0.258 e. The van der Waals surface area contributed by atoms with E-state index in [0.717, 1.165) is 5.56 Å². The molecule has 0 aliphatic carbocycles. The number of hydrogen-bond donors (Lipinski definition) is 1. The molecule has 0 saturated heterocycles. The standard InChI is InChI=1S/C17H18ClNO2S/c1-12(13-7-9-14(22-2)10-8-13)19-17(20)11-21-16-6-4-3-5-15(16)18/h3-10,12H,11H2,1-2H3,(H,19,20)/t12-/m0/s1. The molecule has 1 amide bonds. The molecule has 0 heterocycles. The number of para-hydroxylation sites is 1. The SMILES string of the molecule is CSc1ccc([C@H](C)NC(=O)COc2ccccc2Cl)cc1. The number of nitrogens with one attached hydrogen (secondary N) is 1.